The largest absolute Gasteiger partial charge is 0.450 e. The molecule has 1 heterocycles. The molecular formula is C17H19NO3. The van der Waals surface area contributed by atoms with Crippen molar-refractivity contribution >= 4 is 16.9 Å². The molecule has 0 unspecified atom stereocenters. The summed E-state index contributed by atoms with van der Waals surface area (Å²) in [5.41, 5.74) is 2.66. The molecule has 1 aliphatic carbocycles. The summed E-state index contributed by atoms with van der Waals surface area (Å²) in [6.45, 7) is 3.99. The molecule has 4 heteroatoms. The van der Waals surface area contributed by atoms with Gasteiger partial charge in [0.25, 0.3) is 5.91 Å². The molecule has 1 aromatic heterocycles. The second-order valence-corrected chi connectivity index (χ2v) is 5.65. The van der Waals surface area contributed by atoms with Crippen LogP contribution in [0.3, 0.4) is 0 Å². The summed E-state index contributed by atoms with van der Waals surface area (Å²) in [4.78, 5) is 12.4. The fourth-order valence-electron chi connectivity index (χ4n) is 2.85. The summed E-state index contributed by atoms with van der Waals surface area (Å²) < 4.78 is 5.77. The second kappa shape index (κ2) is 5.37. The van der Waals surface area contributed by atoms with Gasteiger partial charge in [-0.2, -0.15) is 0 Å². The third kappa shape index (κ3) is 2.47. The van der Waals surface area contributed by atoms with Gasteiger partial charge in [0.15, 0.2) is 5.76 Å². The summed E-state index contributed by atoms with van der Waals surface area (Å²) in [7, 11) is 0. The topological polar surface area (TPSA) is 62.5 Å². The first-order valence-electron chi connectivity index (χ1n) is 7.19. The molecule has 2 aromatic rings. The molecule has 110 valence electrons. The van der Waals surface area contributed by atoms with Crippen LogP contribution in [0, 0.1) is 19.8 Å². The maximum atomic E-state index is 12.4. The normalized spacial score (nSPS) is 21.1. The average molecular weight is 285 g/mol. The first kappa shape index (κ1) is 13.9. The number of aryl methyl sites for hydroxylation is 2. The predicted molar refractivity (Wildman–Crippen MR) is 81.3 cm³/mol. The molecule has 0 spiro atoms. The van der Waals surface area contributed by atoms with Gasteiger partial charge in [0.05, 0.1) is 0 Å². The number of rotatable bonds is 3. The molecule has 0 bridgehead atoms. The van der Waals surface area contributed by atoms with Gasteiger partial charge in [-0.15, -0.1) is 0 Å². The monoisotopic (exact) mass is 285 g/mol. The lowest BCUT2D eigenvalue weighted by atomic mass is 10.1. The molecule has 2 atom stereocenters. The highest BCUT2D eigenvalue weighted by Crippen LogP contribution is 2.28. The summed E-state index contributed by atoms with van der Waals surface area (Å²) in [6.07, 6.45) is 4.61. The van der Waals surface area contributed by atoms with Gasteiger partial charge < -0.3 is 14.8 Å². The number of hydrogen-bond acceptors (Lipinski definition) is 3. The number of furan rings is 1. The van der Waals surface area contributed by atoms with E-state index in [4.69, 9.17) is 9.52 Å². The number of hydrogen-bond donors (Lipinski definition) is 2. The standard InChI is InChI=1S/C17H19NO3/c1-10-4-3-5-14-11(2)16(21-15(10)14)17(20)18-13-7-6-12(8-13)9-19/h3-7,12-13,19H,8-9H2,1-2H3,(H,18,20)/t12-,13+/m0/s1. The molecule has 2 N–H and O–H groups in total. The second-order valence-electron chi connectivity index (χ2n) is 5.65. The lowest BCUT2D eigenvalue weighted by molar-refractivity contribution is 0.0914. The zero-order valence-corrected chi connectivity index (χ0v) is 12.2. The Morgan fingerprint density at radius 3 is 2.86 bits per heavy atom. The Hall–Kier alpha value is -2.07. The quantitative estimate of drug-likeness (QED) is 0.852. The van der Waals surface area contributed by atoms with E-state index in [0.29, 0.717) is 5.76 Å². The van der Waals surface area contributed by atoms with E-state index >= 15 is 0 Å². The van der Waals surface area contributed by atoms with E-state index in [-0.39, 0.29) is 24.5 Å². The minimum atomic E-state index is -0.198. The Labute approximate surface area is 123 Å². The highest BCUT2D eigenvalue weighted by atomic mass is 16.3. The van der Waals surface area contributed by atoms with Gasteiger partial charge >= 0.3 is 0 Å². The number of para-hydroxylation sites is 1. The van der Waals surface area contributed by atoms with Gasteiger partial charge in [-0.1, -0.05) is 30.4 Å². The minimum Gasteiger partial charge on any atom is -0.450 e. The number of benzene rings is 1. The first-order chi connectivity index (χ1) is 10.1. The summed E-state index contributed by atoms with van der Waals surface area (Å²) in [6, 6.07) is 5.87. The average Bonchev–Trinajstić information content (AvgIpc) is 3.05. The highest BCUT2D eigenvalue weighted by Gasteiger charge is 2.24. The molecule has 0 radical (unpaired) electrons. The Bertz CT molecular complexity index is 714. The van der Waals surface area contributed by atoms with Crippen LogP contribution in [0.1, 0.15) is 28.1 Å². The van der Waals surface area contributed by atoms with Gasteiger partial charge in [0, 0.05) is 29.5 Å². The van der Waals surface area contributed by atoms with Gasteiger partial charge in [0.1, 0.15) is 5.58 Å². The SMILES string of the molecule is Cc1c(C(=O)N[C@@H]2C=C[C@H](CO)C2)oc2c(C)cccc12. The molecule has 0 saturated heterocycles. The number of fused-ring (bicyclic) bond motifs is 1. The zero-order chi connectivity index (χ0) is 15.0. The van der Waals surface area contributed by atoms with Crippen LogP contribution in [0.15, 0.2) is 34.8 Å². The van der Waals surface area contributed by atoms with E-state index in [1.807, 2.05) is 44.2 Å². The Kier molecular flexibility index (Phi) is 3.55. The fraction of sp³-hybridized carbons (Fsp3) is 0.353. The maximum Gasteiger partial charge on any atom is 0.287 e. The van der Waals surface area contributed by atoms with Crippen LogP contribution in [0.5, 0.6) is 0 Å². The van der Waals surface area contributed by atoms with Gasteiger partial charge in [-0.3, -0.25) is 4.79 Å². The lowest BCUT2D eigenvalue weighted by Crippen LogP contribution is -2.33. The molecule has 21 heavy (non-hydrogen) atoms. The molecule has 1 aliphatic rings. The van der Waals surface area contributed by atoms with Crippen molar-refractivity contribution in [1.29, 1.82) is 0 Å². The minimum absolute atomic E-state index is 0.0386. The molecule has 4 nitrogen and oxygen atoms in total. The number of aliphatic hydroxyl groups is 1. The molecular weight excluding hydrogens is 266 g/mol. The summed E-state index contributed by atoms with van der Waals surface area (Å²) >= 11 is 0. The lowest BCUT2D eigenvalue weighted by Gasteiger charge is -2.11. The Balaban J connectivity index is 1.84. The van der Waals surface area contributed by atoms with E-state index in [1.54, 1.807) is 0 Å². The van der Waals surface area contributed by atoms with Crippen molar-refractivity contribution in [2.24, 2.45) is 5.92 Å². The Morgan fingerprint density at radius 1 is 1.38 bits per heavy atom. The molecule has 1 aromatic carbocycles. The van der Waals surface area contributed by atoms with E-state index in [9.17, 15) is 4.79 Å². The maximum absolute atomic E-state index is 12.4. The van der Waals surface area contributed by atoms with Crippen molar-refractivity contribution in [1.82, 2.24) is 5.32 Å². The van der Waals surface area contributed by atoms with Crippen LogP contribution in [-0.2, 0) is 0 Å². The van der Waals surface area contributed by atoms with Crippen molar-refractivity contribution < 1.29 is 14.3 Å². The van der Waals surface area contributed by atoms with Crippen LogP contribution in [0.25, 0.3) is 11.0 Å². The number of carbonyl (C=O) groups excluding carboxylic acids is 1. The molecule has 0 fully saturated rings. The van der Waals surface area contributed by atoms with Crippen molar-refractivity contribution in [2.75, 3.05) is 6.61 Å². The van der Waals surface area contributed by atoms with Crippen LogP contribution >= 0.6 is 0 Å². The van der Waals surface area contributed by atoms with Crippen LogP contribution < -0.4 is 5.32 Å². The van der Waals surface area contributed by atoms with Crippen molar-refractivity contribution in [3.05, 3.63) is 47.2 Å². The van der Waals surface area contributed by atoms with Crippen molar-refractivity contribution in [3.8, 4) is 0 Å². The summed E-state index contributed by atoms with van der Waals surface area (Å²) in [5.74, 6) is 0.311. The molecule has 3 rings (SSSR count). The van der Waals surface area contributed by atoms with Crippen LogP contribution in [0.2, 0.25) is 0 Å². The van der Waals surface area contributed by atoms with Gasteiger partial charge in [-0.05, 0) is 25.8 Å². The third-order valence-electron chi connectivity index (χ3n) is 4.09. The Morgan fingerprint density at radius 2 is 2.19 bits per heavy atom. The van der Waals surface area contributed by atoms with E-state index in [1.165, 1.54) is 0 Å². The van der Waals surface area contributed by atoms with Gasteiger partial charge in [0.2, 0.25) is 0 Å². The number of carbonyl (C=O) groups is 1. The third-order valence-corrected chi connectivity index (χ3v) is 4.09. The first-order valence-corrected chi connectivity index (χ1v) is 7.19. The van der Waals surface area contributed by atoms with E-state index in [2.05, 4.69) is 5.32 Å². The number of amides is 1. The zero-order valence-electron chi connectivity index (χ0n) is 12.2. The smallest absolute Gasteiger partial charge is 0.287 e. The number of nitrogens with one attached hydrogen (secondary N) is 1. The molecule has 0 saturated carbocycles. The van der Waals surface area contributed by atoms with E-state index < -0.39 is 0 Å². The van der Waals surface area contributed by atoms with Crippen molar-refractivity contribution in [2.45, 2.75) is 26.3 Å². The fourth-order valence-corrected chi connectivity index (χ4v) is 2.85. The van der Waals surface area contributed by atoms with Crippen LogP contribution in [0.4, 0.5) is 0 Å². The summed E-state index contributed by atoms with van der Waals surface area (Å²) in [5, 5.41) is 13.1. The van der Waals surface area contributed by atoms with Crippen LogP contribution in [-0.4, -0.2) is 23.7 Å². The van der Waals surface area contributed by atoms with Gasteiger partial charge in [-0.25, -0.2) is 0 Å². The van der Waals surface area contributed by atoms with Crippen molar-refractivity contribution in [3.63, 3.8) is 0 Å². The molecule has 1 amide bonds. The predicted octanol–water partition coefficient (Wildman–Crippen LogP) is 2.72. The van der Waals surface area contributed by atoms with E-state index in [0.717, 1.165) is 28.5 Å². The molecule has 0 aliphatic heterocycles. The number of aliphatic hydroxyl groups excluding tert-OH is 1. The highest BCUT2D eigenvalue weighted by molar-refractivity contribution is 5.99.